The number of hydrogen-bond acceptors (Lipinski definition) is 5. The molecule has 1 N–H and O–H groups in total. The van der Waals surface area contributed by atoms with E-state index in [1.807, 2.05) is 7.05 Å². The number of nitrogens with one attached hydrogen (secondary N) is 1. The van der Waals surface area contributed by atoms with E-state index in [-0.39, 0.29) is 0 Å². The van der Waals surface area contributed by atoms with Crippen molar-refractivity contribution in [2.75, 3.05) is 37.4 Å². The summed E-state index contributed by atoms with van der Waals surface area (Å²) in [6, 6.07) is 1.45. The molecule has 0 aromatic carbocycles. The number of likely N-dealkylation sites (N-methyl/N-ethyl adjacent to an activating group) is 1. The van der Waals surface area contributed by atoms with Crippen molar-refractivity contribution in [1.82, 2.24) is 14.9 Å². The van der Waals surface area contributed by atoms with Crippen molar-refractivity contribution < 1.29 is 0 Å². The fourth-order valence-corrected chi connectivity index (χ4v) is 3.72. The Bertz CT molecular complexity index is 475. The molecule has 2 bridgehead atoms. The van der Waals surface area contributed by atoms with Gasteiger partial charge in [0.2, 0.25) is 0 Å². The number of nitrogens with zero attached hydrogens (tertiary/aromatic N) is 4. The zero-order chi connectivity index (χ0) is 14.1. The topological polar surface area (TPSA) is 44.3 Å². The molecular weight excluding hydrogens is 250 g/mol. The van der Waals surface area contributed by atoms with Crippen molar-refractivity contribution in [3.8, 4) is 0 Å². The zero-order valence-electron chi connectivity index (χ0n) is 12.8. The van der Waals surface area contributed by atoms with Gasteiger partial charge in [0, 0.05) is 37.8 Å². The van der Waals surface area contributed by atoms with Crippen molar-refractivity contribution >= 4 is 11.6 Å². The molecule has 110 valence electrons. The zero-order valence-corrected chi connectivity index (χ0v) is 12.8. The summed E-state index contributed by atoms with van der Waals surface area (Å²) >= 11 is 0. The van der Waals surface area contributed by atoms with Crippen LogP contribution in [-0.2, 0) is 6.42 Å². The molecule has 2 aliphatic rings. The maximum atomic E-state index is 4.59. The Balaban J connectivity index is 1.89. The summed E-state index contributed by atoms with van der Waals surface area (Å²) in [6.07, 6.45) is 6.58. The average molecular weight is 275 g/mol. The van der Waals surface area contributed by atoms with E-state index in [2.05, 4.69) is 39.1 Å². The van der Waals surface area contributed by atoms with Crippen LogP contribution in [0.25, 0.3) is 0 Å². The molecule has 5 nitrogen and oxygen atoms in total. The third-order valence-corrected chi connectivity index (χ3v) is 4.96. The Morgan fingerprint density at radius 3 is 2.80 bits per heavy atom. The molecule has 3 heterocycles. The first-order valence-corrected chi connectivity index (χ1v) is 7.73. The third kappa shape index (κ3) is 2.24. The van der Waals surface area contributed by atoms with E-state index in [1.54, 1.807) is 6.33 Å². The quantitative estimate of drug-likeness (QED) is 0.910. The molecule has 0 spiro atoms. The number of hydrogen-bond donors (Lipinski definition) is 1. The first kappa shape index (κ1) is 13.6. The first-order chi connectivity index (χ1) is 9.74. The minimum atomic E-state index is 0.681. The highest BCUT2D eigenvalue weighted by molar-refractivity contribution is 5.58. The van der Waals surface area contributed by atoms with E-state index in [0.717, 1.165) is 37.2 Å². The van der Waals surface area contributed by atoms with E-state index >= 15 is 0 Å². The fourth-order valence-electron chi connectivity index (χ4n) is 3.72. The molecule has 2 saturated heterocycles. The van der Waals surface area contributed by atoms with Gasteiger partial charge in [-0.1, -0.05) is 6.92 Å². The Morgan fingerprint density at radius 2 is 2.05 bits per heavy atom. The maximum absolute atomic E-state index is 4.59. The second kappa shape index (κ2) is 5.56. The highest BCUT2D eigenvalue weighted by atomic mass is 15.3. The third-order valence-electron chi connectivity index (χ3n) is 4.96. The van der Waals surface area contributed by atoms with Gasteiger partial charge in [0.15, 0.2) is 0 Å². The lowest BCUT2D eigenvalue weighted by molar-refractivity contribution is 0.254. The summed E-state index contributed by atoms with van der Waals surface area (Å²) in [6.45, 7) is 4.39. The van der Waals surface area contributed by atoms with Crippen LogP contribution in [0.1, 0.15) is 31.7 Å². The van der Waals surface area contributed by atoms with Gasteiger partial charge in [-0.2, -0.15) is 0 Å². The summed E-state index contributed by atoms with van der Waals surface area (Å²) < 4.78 is 0. The van der Waals surface area contributed by atoms with Crippen LogP contribution >= 0.6 is 0 Å². The Labute approximate surface area is 121 Å². The van der Waals surface area contributed by atoms with Gasteiger partial charge in [-0.05, 0) is 32.7 Å². The molecule has 2 unspecified atom stereocenters. The lowest BCUT2D eigenvalue weighted by Gasteiger charge is -2.28. The van der Waals surface area contributed by atoms with E-state index in [1.165, 1.54) is 24.8 Å². The summed E-state index contributed by atoms with van der Waals surface area (Å²) in [5, 5.41) is 3.20. The van der Waals surface area contributed by atoms with Crippen LogP contribution in [0, 0.1) is 0 Å². The molecule has 1 aromatic rings. The predicted molar refractivity (Wildman–Crippen MR) is 82.4 cm³/mol. The Kier molecular flexibility index (Phi) is 3.78. The Morgan fingerprint density at radius 1 is 1.25 bits per heavy atom. The van der Waals surface area contributed by atoms with E-state index in [0.29, 0.717) is 6.04 Å². The largest absolute Gasteiger partial charge is 0.373 e. The van der Waals surface area contributed by atoms with Crippen LogP contribution in [0.3, 0.4) is 0 Å². The smallest absolute Gasteiger partial charge is 0.137 e. The highest BCUT2D eigenvalue weighted by Crippen LogP contribution is 2.32. The molecular formula is C15H25N5. The highest BCUT2D eigenvalue weighted by Gasteiger charge is 2.35. The van der Waals surface area contributed by atoms with Gasteiger partial charge in [0.25, 0.3) is 0 Å². The van der Waals surface area contributed by atoms with E-state index in [4.69, 9.17) is 0 Å². The molecule has 2 atom stereocenters. The van der Waals surface area contributed by atoms with Gasteiger partial charge in [0.1, 0.15) is 18.0 Å². The normalized spacial score (nSPS) is 26.6. The van der Waals surface area contributed by atoms with Gasteiger partial charge >= 0.3 is 0 Å². The summed E-state index contributed by atoms with van der Waals surface area (Å²) in [5.74, 6) is 2.10. The monoisotopic (exact) mass is 275 g/mol. The number of aromatic nitrogens is 2. The van der Waals surface area contributed by atoms with Gasteiger partial charge in [-0.15, -0.1) is 0 Å². The summed E-state index contributed by atoms with van der Waals surface area (Å²) in [7, 11) is 4.22. The van der Waals surface area contributed by atoms with Gasteiger partial charge in [-0.25, -0.2) is 9.97 Å². The summed E-state index contributed by atoms with van der Waals surface area (Å²) in [5.41, 5.74) is 1.25. The van der Waals surface area contributed by atoms with Crippen LogP contribution in [0.4, 0.5) is 11.6 Å². The maximum Gasteiger partial charge on any atom is 0.137 e. The van der Waals surface area contributed by atoms with E-state index < -0.39 is 0 Å². The lowest BCUT2D eigenvalue weighted by Crippen LogP contribution is -2.37. The van der Waals surface area contributed by atoms with Gasteiger partial charge in [0.05, 0.1) is 0 Å². The van der Waals surface area contributed by atoms with Crippen LogP contribution in [-0.4, -0.2) is 54.1 Å². The van der Waals surface area contributed by atoms with Crippen LogP contribution in [0.5, 0.6) is 0 Å². The first-order valence-electron chi connectivity index (χ1n) is 7.73. The van der Waals surface area contributed by atoms with Crippen LogP contribution < -0.4 is 10.2 Å². The minimum absolute atomic E-state index is 0.681. The van der Waals surface area contributed by atoms with Crippen molar-refractivity contribution in [3.05, 3.63) is 11.9 Å². The molecule has 20 heavy (non-hydrogen) atoms. The van der Waals surface area contributed by atoms with Crippen LogP contribution in [0.2, 0.25) is 0 Å². The SMILES string of the molecule is CCc1c(NC)ncnc1N1CCC2CCC(C1)N2C. The van der Waals surface area contributed by atoms with Crippen molar-refractivity contribution in [2.24, 2.45) is 0 Å². The summed E-state index contributed by atoms with van der Waals surface area (Å²) in [4.78, 5) is 14.0. The molecule has 5 heteroatoms. The molecule has 3 rings (SSSR count). The standard InChI is InChI=1S/C15H25N5/c1-4-13-14(16-2)17-10-18-15(13)20-8-7-11-5-6-12(9-20)19(11)3/h10-12H,4-9H2,1-3H3,(H,16,17,18). The van der Waals surface area contributed by atoms with Crippen molar-refractivity contribution in [2.45, 2.75) is 44.7 Å². The minimum Gasteiger partial charge on any atom is -0.373 e. The van der Waals surface area contributed by atoms with Crippen molar-refractivity contribution in [1.29, 1.82) is 0 Å². The number of rotatable bonds is 3. The number of fused-ring (bicyclic) bond motifs is 2. The molecule has 0 radical (unpaired) electrons. The van der Waals surface area contributed by atoms with Gasteiger partial charge < -0.3 is 10.2 Å². The molecule has 1 aromatic heterocycles. The second-order valence-electron chi connectivity index (χ2n) is 5.91. The van der Waals surface area contributed by atoms with Gasteiger partial charge in [-0.3, -0.25) is 4.90 Å². The molecule has 2 aliphatic heterocycles. The van der Waals surface area contributed by atoms with Crippen LogP contribution in [0.15, 0.2) is 6.33 Å². The molecule has 0 saturated carbocycles. The molecule has 0 amide bonds. The fraction of sp³-hybridized carbons (Fsp3) is 0.733. The predicted octanol–water partition coefficient (Wildman–Crippen LogP) is 1.75. The average Bonchev–Trinajstić information content (AvgIpc) is 2.71. The molecule has 0 aliphatic carbocycles. The molecule has 2 fully saturated rings. The Hall–Kier alpha value is -1.36. The second-order valence-corrected chi connectivity index (χ2v) is 5.91. The van der Waals surface area contributed by atoms with E-state index in [9.17, 15) is 0 Å². The number of anilines is 2. The van der Waals surface area contributed by atoms with Crippen molar-refractivity contribution in [3.63, 3.8) is 0 Å². The lowest BCUT2D eigenvalue weighted by atomic mass is 10.1.